The van der Waals surface area contributed by atoms with Gasteiger partial charge in [-0.05, 0) is 41.5 Å². The summed E-state index contributed by atoms with van der Waals surface area (Å²) in [6, 6.07) is 28.3. The molecule has 1 aliphatic heterocycles. The largest absolute Gasteiger partial charge is 0.489 e. The Hall–Kier alpha value is -3.27. The predicted octanol–water partition coefficient (Wildman–Crippen LogP) is 5.78. The van der Waals surface area contributed by atoms with Crippen LogP contribution in [0.5, 0.6) is 5.75 Å². The van der Waals surface area contributed by atoms with E-state index in [0.717, 1.165) is 29.7 Å². The normalized spacial score (nSPS) is 14.3. The van der Waals surface area contributed by atoms with E-state index >= 15 is 0 Å². The second-order valence-corrected chi connectivity index (χ2v) is 7.61. The minimum Gasteiger partial charge on any atom is -0.489 e. The van der Waals surface area contributed by atoms with E-state index in [1.165, 1.54) is 5.56 Å². The minimum atomic E-state index is -0.231. The minimum absolute atomic E-state index is 0.231. The van der Waals surface area contributed by atoms with Crippen molar-refractivity contribution >= 4 is 6.09 Å². The van der Waals surface area contributed by atoms with Gasteiger partial charge in [-0.1, -0.05) is 78.9 Å². The summed E-state index contributed by atoms with van der Waals surface area (Å²) < 4.78 is 11.6. The number of hydrogen-bond acceptors (Lipinski definition) is 3. The van der Waals surface area contributed by atoms with Gasteiger partial charge in [0.1, 0.15) is 19.0 Å². The van der Waals surface area contributed by atoms with Crippen LogP contribution in [0.4, 0.5) is 4.79 Å². The molecule has 0 saturated carbocycles. The molecule has 0 radical (unpaired) electrons. The predicted molar refractivity (Wildman–Crippen MR) is 117 cm³/mol. The highest BCUT2D eigenvalue weighted by atomic mass is 16.6. The Bertz CT molecular complexity index is 935. The number of likely N-dealkylation sites (tertiary alicyclic amines) is 1. The van der Waals surface area contributed by atoms with Crippen LogP contribution < -0.4 is 4.74 Å². The summed E-state index contributed by atoms with van der Waals surface area (Å²) in [5.74, 6) is 1.32. The fourth-order valence-electron chi connectivity index (χ4n) is 3.87. The van der Waals surface area contributed by atoms with Gasteiger partial charge in [-0.15, -0.1) is 0 Å². The molecule has 1 fully saturated rings. The maximum absolute atomic E-state index is 12.4. The molecule has 4 nitrogen and oxygen atoms in total. The first-order valence-corrected chi connectivity index (χ1v) is 10.5. The van der Waals surface area contributed by atoms with Crippen LogP contribution in [0.3, 0.4) is 0 Å². The Kier molecular flexibility index (Phi) is 6.65. The van der Waals surface area contributed by atoms with E-state index in [4.69, 9.17) is 9.47 Å². The van der Waals surface area contributed by atoms with Crippen molar-refractivity contribution in [3.8, 4) is 5.75 Å². The second kappa shape index (κ2) is 9.97. The van der Waals surface area contributed by atoms with Gasteiger partial charge in [0.2, 0.25) is 0 Å². The van der Waals surface area contributed by atoms with Crippen molar-refractivity contribution in [1.82, 2.24) is 4.90 Å². The van der Waals surface area contributed by atoms with E-state index in [2.05, 4.69) is 24.3 Å². The Balaban J connectivity index is 1.31. The van der Waals surface area contributed by atoms with Crippen molar-refractivity contribution in [3.63, 3.8) is 0 Å². The average molecular weight is 402 g/mol. The smallest absolute Gasteiger partial charge is 0.410 e. The molecule has 30 heavy (non-hydrogen) atoms. The summed E-state index contributed by atoms with van der Waals surface area (Å²) in [7, 11) is 0. The monoisotopic (exact) mass is 401 g/mol. The molecular formula is C26H27NO3. The maximum atomic E-state index is 12.4. The number of carbonyl (C=O) groups is 1. The summed E-state index contributed by atoms with van der Waals surface area (Å²) >= 11 is 0. The topological polar surface area (TPSA) is 38.8 Å². The lowest BCUT2D eigenvalue weighted by Crippen LogP contribution is -2.38. The molecule has 1 aliphatic rings. The van der Waals surface area contributed by atoms with Crippen LogP contribution in [0, 0.1) is 0 Å². The quantitative estimate of drug-likeness (QED) is 0.525. The van der Waals surface area contributed by atoms with E-state index in [0.29, 0.717) is 32.2 Å². The van der Waals surface area contributed by atoms with Crippen LogP contribution in [0.15, 0.2) is 84.9 Å². The highest BCUT2D eigenvalue weighted by molar-refractivity contribution is 5.67. The average Bonchev–Trinajstić information content (AvgIpc) is 2.83. The van der Waals surface area contributed by atoms with Crippen LogP contribution in [-0.4, -0.2) is 24.1 Å². The van der Waals surface area contributed by atoms with Crippen molar-refractivity contribution in [3.05, 3.63) is 102 Å². The Labute approximate surface area is 178 Å². The van der Waals surface area contributed by atoms with Crippen LogP contribution in [0.1, 0.15) is 35.4 Å². The van der Waals surface area contributed by atoms with Gasteiger partial charge < -0.3 is 14.4 Å². The molecular weight excluding hydrogens is 374 g/mol. The highest BCUT2D eigenvalue weighted by Gasteiger charge is 2.26. The molecule has 3 aromatic rings. The van der Waals surface area contributed by atoms with Crippen molar-refractivity contribution < 1.29 is 14.3 Å². The van der Waals surface area contributed by atoms with E-state index in [9.17, 15) is 4.79 Å². The number of nitrogens with zero attached hydrogens (tertiary/aromatic N) is 1. The summed E-state index contributed by atoms with van der Waals surface area (Å²) in [6.45, 7) is 2.27. The van der Waals surface area contributed by atoms with Gasteiger partial charge in [0, 0.05) is 13.1 Å². The van der Waals surface area contributed by atoms with Crippen LogP contribution in [0.25, 0.3) is 0 Å². The highest BCUT2D eigenvalue weighted by Crippen LogP contribution is 2.34. The lowest BCUT2D eigenvalue weighted by Gasteiger charge is -2.32. The molecule has 0 N–H and O–H groups in total. The van der Waals surface area contributed by atoms with Crippen LogP contribution >= 0.6 is 0 Å². The first kappa shape index (κ1) is 20.0. The molecule has 0 aromatic heterocycles. The number of benzene rings is 3. The molecule has 1 saturated heterocycles. The fraction of sp³-hybridized carbons (Fsp3) is 0.269. The Morgan fingerprint density at radius 3 is 2.00 bits per heavy atom. The van der Waals surface area contributed by atoms with Crippen LogP contribution in [-0.2, 0) is 18.0 Å². The number of carbonyl (C=O) groups excluding carboxylic acids is 1. The lowest BCUT2D eigenvalue weighted by atomic mass is 9.89. The zero-order valence-electron chi connectivity index (χ0n) is 17.1. The molecule has 0 atom stereocenters. The summed E-state index contributed by atoms with van der Waals surface area (Å²) in [4.78, 5) is 14.2. The third-order valence-electron chi connectivity index (χ3n) is 5.55. The van der Waals surface area contributed by atoms with E-state index in [1.54, 1.807) is 0 Å². The van der Waals surface area contributed by atoms with Crippen molar-refractivity contribution in [1.29, 1.82) is 0 Å². The molecule has 154 valence electrons. The van der Waals surface area contributed by atoms with Gasteiger partial charge >= 0.3 is 6.09 Å². The molecule has 0 unspecified atom stereocenters. The Morgan fingerprint density at radius 2 is 1.33 bits per heavy atom. The van der Waals surface area contributed by atoms with Gasteiger partial charge in [-0.25, -0.2) is 4.79 Å². The first-order valence-electron chi connectivity index (χ1n) is 10.5. The van der Waals surface area contributed by atoms with E-state index < -0.39 is 0 Å². The number of ether oxygens (including phenoxy) is 2. The zero-order valence-corrected chi connectivity index (χ0v) is 17.1. The molecule has 0 bridgehead atoms. The standard InChI is InChI=1S/C26H27NO3/c28-26(30-20-22-11-5-2-6-12-22)27-17-15-23(16-18-27)24-13-7-8-14-25(24)29-19-21-9-3-1-4-10-21/h1-14,23H,15-20H2. The molecule has 1 amide bonds. The SMILES string of the molecule is O=C(OCc1ccccc1)N1CCC(c2ccccc2OCc2ccccc2)CC1. The van der Waals surface area contributed by atoms with E-state index in [1.807, 2.05) is 65.6 Å². The van der Waals surface area contributed by atoms with Gasteiger partial charge in [0.05, 0.1) is 0 Å². The molecule has 0 spiro atoms. The number of para-hydroxylation sites is 1. The molecule has 4 heteroatoms. The molecule has 4 rings (SSSR count). The zero-order chi connectivity index (χ0) is 20.6. The third kappa shape index (κ3) is 5.20. The first-order chi connectivity index (χ1) is 14.8. The van der Waals surface area contributed by atoms with Crippen molar-refractivity contribution in [2.45, 2.75) is 32.0 Å². The van der Waals surface area contributed by atoms with Crippen LogP contribution in [0.2, 0.25) is 0 Å². The van der Waals surface area contributed by atoms with Crippen molar-refractivity contribution in [2.75, 3.05) is 13.1 Å². The number of amides is 1. The van der Waals surface area contributed by atoms with Gasteiger partial charge in [0.15, 0.2) is 0 Å². The van der Waals surface area contributed by atoms with E-state index in [-0.39, 0.29) is 6.09 Å². The number of rotatable bonds is 6. The van der Waals surface area contributed by atoms with Gasteiger partial charge in [-0.3, -0.25) is 0 Å². The lowest BCUT2D eigenvalue weighted by molar-refractivity contribution is 0.0869. The van der Waals surface area contributed by atoms with Gasteiger partial charge in [-0.2, -0.15) is 0 Å². The maximum Gasteiger partial charge on any atom is 0.410 e. The number of hydrogen-bond donors (Lipinski definition) is 0. The summed E-state index contributed by atoms with van der Waals surface area (Å²) in [6.07, 6.45) is 1.59. The second-order valence-electron chi connectivity index (χ2n) is 7.61. The fourth-order valence-corrected chi connectivity index (χ4v) is 3.87. The molecule has 3 aromatic carbocycles. The molecule has 1 heterocycles. The van der Waals surface area contributed by atoms with Crippen molar-refractivity contribution in [2.24, 2.45) is 0 Å². The summed E-state index contributed by atoms with van der Waals surface area (Å²) in [5.41, 5.74) is 3.39. The Morgan fingerprint density at radius 1 is 0.767 bits per heavy atom. The number of piperidine rings is 1. The molecule has 0 aliphatic carbocycles. The third-order valence-corrected chi connectivity index (χ3v) is 5.55. The van der Waals surface area contributed by atoms with Gasteiger partial charge in [0.25, 0.3) is 0 Å². The summed E-state index contributed by atoms with van der Waals surface area (Å²) in [5, 5.41) is 0.